The molecule has 6 heteroatoms. The molecule has 0 bridgehead atoms. The summed E-state index contributed by atoms with van der Waals surface area (Å²) in [5, 5.41) is 31.6. The van der Waals surface area contributed by atoms with Gasteiger partial charge in [0.05, 0.1) is 0 Å². The van der Waals surface area contributed by atoms with Gasteiger partial charge in [0.25, 0.3) is 0 Å². The summed E-state index contributed by atoms with van der Waals surface area (Å²) in [5.41, 5.74) is -0.424. The second-order valence-electron chi connectivity index (χ2n) is 6.91. The molecule has 3 rings (SSSR count). The number of ether oxygens (including phenoxy) is 1. The van der Waals surface area contributed by atoms with Crippen molar-refractivity contribution in [1.29, 1.82) is 0 Å². The van der Waals surface area contributed by atoms with E-state index in [0.717, 1.165) is 0 Å². The summed E-state index contributed by atoms with van der Waals surface area (Å²) in [7, 11) is 0. The molecule has 2 aromatic rings. The van der Waals surface area contributed by atoms with Crippen molar-refractivity contribution >= 4 is 11.6 Å². The fourth-order valence-electron chi connectivity index (χ4n) is 3.48. The van der Waals surface area contributed by atoms with E-state index in [2.05, 4.69) is 0 Å². The van der Waals surface area contributed by atoms with Crippen LogP contribution in [0.15, 0.2) is 48.5 Å². The SMILES string of the molecule is Cc1ccccc1C(=O)C(O)[C@@H]1OC(O)C[C@]1(O)C(=O)c1ccccc1C. The van der Waals surface area contributed by atoms with Crippen molar-refractivity contribution in [2.75, 3.05) is 0 Å². The minimum absolute atomic E-state index is 0.248. The zero-order valence-corrected chi connectivity index (χ0v) is 15.1. The Bertz CT molecular complexity index is 876. The molecule has 1 fully saturated rings. The van der Waals surface area contributed by atoms with Gasteiger partial charge in [-0.2, -0.15) is 0 Å². The van der Waals surface area contributed by atoms with E-state index in [9.17, 15) is 24.9 Å². The van der Waals surface area contributed by atoms with Crippen molar-refractivity contribution in [3.8, 4) is 0 Å². The molecule has 0 aliphatic carbocycles. The molecule has 1 heterocycles. The van der Waals surface area contributed by atoms with Crippen LogP contribution in [-0.2, 0) is 4.74 Å². The first kappa shape index (κ1) is 19.4. The van der Waals surface area contributed by atoms with Gasteiger partial charge >= 0.3 is 0 Å². The molecular weight excluding hydrogens is 348 g/mol. The standard InChI is InChI=1S/C21H22O6/c1-12-7-3-5-9-14(12)17(23)18(24)20-21(26,11-16(22)27-20)19(25)15-10-6-4-8-13(15)2/h3-10,16,18,20,22,24,26H,11H2,1-2H3/t16?,18?,20-,21-/m0/s1. The first-order valence-electron chi connectivity index (χ1n) is 8.70. The lowest BCUT2D eigenvalue weighted by molar-refractivity contribution is -0.128. The average molecular weight is 370 g/mol. The summed E-state index contributed by atoms with van der Waals surface area (Å²) in [6.45, 7) is 3.43. The summed E-state index contributed by atoms with van der Waals surface area (Å²) in [6.07, 6.45) is -5.27. The number of aliphatic hydroxyl groups is 3. The zero-order chi connectivity index (χ0) is 19.8. The van der Waals surface area contributed by atoms with Gasteiger partial charge < -0.3 is 20.1 Å². The maximum atomic E-state index is 13.0. The van der Waals surface area contributed by atoms with Crippen LogP contribution in [0.4, 0.5) is 0 Å². The summed E-state index contributed by atoms with van der Waals surface area (Å²) < 4.78 is 5.22. The molecule has 27 heavy (non-hydrogen) atoms. The molecule has 1 aliphatic heterocycles. The molecular formula is C21H22O6. The van der Waals surface area contributed by atoms with Crippen LogP contribution in [0.2, 0.25) is 0 Å². The van der Waals surface area contributed by atoms with Gasteiger partial charge in [-0.1, -0.05) is 48.5 Å². The van der Waals surface area contributed by atoms with E-state index in [1.54, 1.807) is 62.4 Å². The predicted octanol–water partition coefficient (Wildman–Crippen LogP) is 1.57. The van der Waals surface area contributed by atoms with Crippen molar-refractivity contribution in [2.24, 2.45) is 0 Å². The number of ketones is 2. The van der Waals surface area contributed by atoms with Crippen LogP contribution in [-0.4, -0.2) is 51.0 Å². The number of carbonyl (C=O) groups is 2. The lowest BCUT2D eigenvalue weighted by atomic mass is 9.81. The topological polar surface area (TPSA) is 104 Å². The molecule has 3 N–H and O–H groups in total. The quantitative estimate of drug-likeness (QED) is 0.690. The predicted molar refractivity (Wildman–Crippen MR) is 97.5 cm³/mol. The van der Waals surface area contributed by atoms with Crippen LogP contribution in [0.1, 0.15) is 38.3 Å². The Kier molecular flexibility index (Phi) is 5.26. The van der Waals surface area contributed by atoms with Crippen LogP contribution in [0.3, 0.4) is 0 Å². The smallest absolute Gasteiger partial charge is 0.197 e. The lowest BCUT2D eigenvalue weighted by Gasteiger charge is -2.30. The first-order valence-corrected chi connectivity index (χ1v) is 8.70. The van der Waals surface area contributed by atoms with E-state index >= 15 is 0 Å². The summed E-state index contributed by atoms with van der Waals surface area (Å²) in [5.74, 6) is -1.37. The molecule has 0 saturated carbocycles. The molecule has 0 amide bonds. The van der Waals surface area contributed by atoms with E-state index in [-0.39, 0.29) is 11.1 Å². The van der Waals surface area contributed by atoms with Gasteiger partial charge in [-0.25, -0.2) is 0 Å². The Morgan fingerprint density at radius 1 is 1.04 bits per heavy atom. The van der Waals surface area contributed by atoms with Crippen molar-refractivity contribution in [3.05, 3.63) is 70.8 Å². The molecule has 2 aromatic carbocycles. The number of aryl methyl sites for hydroxylation is 2. The van der Waals surface area contributed by atoms with Gasteiger partial charge in [0, 0.05) is 17.5 Å². The minimum atomic E-state index is -2.22. The minimum Gasteiger partial charge on any atom is -0.382 e. The second-order valence-corrected chi connectivity index (χ2v) is 6.91. The highest BCUT2D eigenvalue weighted by Crippen LogP contribution is 2.36. The van der Waals surface area contributed by atoms with Crippen molar-refractivity contribution in [1.82, 2.24) is 0 Å². The van der Waals surface area contributed by atoms with E-state index in [0.29, 0.717) is 11.1 Å². The van der Waals surface area contributed by atoms with Crippen LogP contribution in [0.25, 0.3) is 0 Å². The van der Waals surface area contributed by atoms with E-state index in [1.165, 1.54) is 0 Å². The summed E-state index contributed by atoms with van der Waals surface area (Å²) in [4.78, 5) is 25.8. The van der Waals surface area contributed by atoms with Crippen LogP contribution in [0.5, 0.6) is 0 Å². The highest BCUT2D eigenvalue weighted by molar-refractivity contribution is 6.06. The van der Waals surface area contributed by atoms with Gasteiger partial charge in [-0.15, -0.1) is 0 Å². The first-order chi connectivity index (χ1) is 12.8. The third-order valence-corrected chi connectivity index (χ3v) is 5.01. The molecule has 4 atom stereocenters. The number of Topliss-reactive ketones (excluding diaryl/α,β-unsaturated/α-hetero) is 2. The number of carbonyl (C=O) groups excluding carboxylic acids is 2. The Labute approximate surface area is 157 Å². The van der Waals surface area contributed by atoms with Crippen LogP contribution < -0.4 is 0 Å². The third-order valence-electron chi connectivity index (χ3n) is 5.01. The largest absolute Gasteiger partial charge is 0.382 e. The van der Waals surface area contributed by atoms with Crippen LogP contribution >= 0.6 is 0 Å². The van der Waals surface area contributed by atoms with Crippen LogP contribution in [0, 0.1) is 13.8 Å². The molecule has 6 nitrogen and oxygen atoms in total. The Morgan fingerprint density at radius 3 is 2.11 bits per heavy atom. The molecule has 1 saturated heterocycles. The lowest BCUT2D eigenvalue weighted by Crippen LogP contribution is -2.54. The molecule has 0 radical (unpaired) electrons. The highest BCUT2D eigenvalue weighted by atomic mass is 16.6. The van der Waals surface area contributed by atoms with Gasteiger partial charge in [0.15, 0.2) is 23.5 Å². The maximum Gasteiger partial charge on any atom is 0.197 e. The monoisotopic (exact) mass is 370 g/mol. The van der Waals surface area contributed by atoms with E-state index in [4.69, 9.17) is 4.74 Å². The van der Waals surface area contributed by atoms with Gasteiger partial charge in [0.1, 0.15) is 12.2 Å². The maximum absolute atomic E-state index is 13.0. The van der Waals surface area contributed by atoms with Crippen molar-refractivity contribution in [3.63, 3.8) is 0 Å². The summed E-state index contributed by atoms with van der Waals surface area (Å²) >= 11 is 0. The molecule has 0 spiro atoms. The van der Waals surface area contributed by atoms with Gasteiger partial charge in [-0.05, 0) is 25.0 Å². The summed E-state index contributed by atoms with van der Waals surface area (Å²) in [6, 6.07) is 13.3. The second kappa shape index (κ2) is 7.32. The number of rotatable bonds is 5. The Balaban J connectivity index is 1.96. The molecule has 2 unspecified atom stereocenters. The van der Waals surface area contributed by atoms with Gasteiger partial charge in [0.2, 0.25) is 0 Å². The fraction of sp³-hybridized carbons (Fsp3) is 0.333. The molecule has 142 valence electrons. The Hall–Kier alpha value is -2.38. The average Bonchev–Trinajstić information content (AvgIpc) is 2.96. The molecule has 1 aliphatic rings. The fourth-order valence-corrected chi connectivity index (χ4v) is 3.48. The number of hydrogen-bond donors (Lipinski definition) is 3. The van der Waals surface area contributed by atoms with E-state index < -0.39 is 42.1 Å². The van der Waals surface area contributed by atoms with E-state index in [1.807, 2.05) is 0 Å². The number of hydrogen-bond acceptors (Lipinski definition) is 6. The van der Waals surface area contributed by atoms with Crippen molar-refractivity contribution < 1.29 is 29.6 Å². The normalized spacial score (nSPS) is 26.0. The Morgan fingerprint density at radius 2 is 1.56 bits per heavy atom. The van der Waals surface area contributed by atoms with Crippen molar-refractivity contribution in [2.45, 2.75) is 44.4 Å². The zero-order valence-electron chi connectivity index (χ0n) is 15.1. The third kappa shape index (κ3) is 3.44. The molecule has 0 aromatic heterocycles. The van der Waals surface area contributed by atoms with Gasteiger partial charge in [-0.3, -0.25) is 9.59 Å². The number of benzene rings is 2. The highest BCUT2D eigenvalue weighted by Gasteiger charge is 2.57. The number of aliphatic hydroxyl groups excluding tert-OH is 2.